The van der Waals surface area contributed by atoms with Gasteiger partial charge in [-0.1, -0.05) is 146 Å². The van der Waals surface area contributed by atoms with Gasteiger partial charge in [0.25, 0.3) is 0 Å². The summed E-state index contributed by atoms with van der Waals surface area (Å²) in [6, 6.07) is 88.5. The molecule has 8 nitrogen and oxygen atoms in total. The molecule has 8 heteroatoms. The van der Waals surface area contributed by atoms with Crippen molar-refractivity contribution in [3.05, 3.63) is 283 Å². The maximum atomic E-state index is 10.7. The number of nitrogens with zero attached hydrogens (tertiary/aromatic N) is 8. The molecule has 0 amide bonds. The molecule has 0 aliphatic carbocycles. The topological polar surface area (TPSA) is 69.7 Å². The number of para-hydroxylation sites is 6. The molecule has 12 rings (SSSR count). The van der Waals surface area contributed by atoms with Crippen LogP contribution in [-0.4, -0.2) is 14.5 Å². The third-order valence-corrected chi connectivity index (χ3v) is 13.5. The van der Waals surface area contributed by atoms with Crippen LogP contribution in [0.25, 0.3) is 82.2 Å². The number of rotatable bonds is 11. The molecule has 0 N–H and O–H groups in total. The first-order chi connectivity index (χ1) is 37.1. The molecule has 0 saturated heterocycles. The van der Waals surface area contributed by atoms with Crippen molar-refractivity contribution >= 4 is 67.3 Å². The zero-order valence-corrected chi connectivity index (χ0v) is 40.3. The maximum Gasteiger partial charge on any atom is 0.198 e. The summed E-state index contributed by atoms with van der Waals surface area (Å²) in [6.45, 7) is 15.7. The summed E-state index contributed by atoms with van der Waals surface area (Å²) >= 11 is 0. The standard InChI is InChI=1S/C67H42N8/c1-69-61-29-17-15-27-57(61)64-44-63(71-67(72-64)58-28-16-18-30-62(58)70-2)56-38-33-47(41-48(56)45-68)46-31-34-53(35-32-46)75-65-39-36-54(73(49-19-7-3-8-20-49)50-21-9-4-10-22-50)42-59(65)60-43-55(37-40-66(60)75)74(51-23-11-5-12-24-51)52-25-13-6-14-26-52/h3-44H. The lowest BCUT2D eigenvalue weighted by Crippen LogP contribution is -2.09. The van der Waals surface area contributed by atoms with Crippen LogP contribution in [0.2, 0.25) is 0 Å². The molecule has 0 saturated carbocycles. The predicted molar refractivity (Wildman–Crippen MR) is 305 cm³/mol. The molecular weight excluding hydrogens is 917 g/mol. The molecule has 0 aliphatic rings. The van der Waals surface area contributed by atoms with Crippen molar-refractivity contribution in [2.45, 2.75) is 0 Å². The Labute approximate surface area is 434 Å². The van der Waals surface area contributed by atoms with Crippen molar-refractivity contribution in [1.82, 2.24) is 14.5 Å². The molecule has 2 heterocycles. The first-order valence-electron chi connectivity index (χ1n) is 24.4. The van der Waals surface area contributed by atoms with E-state index in [1.165, 1.54) is 0 Å². The Kier molecular flexibility index (Phi) is 11.9. The third kappa shape index (κ3) is 8.55. The summed E-state index contributed by atoms with van der Waals surface area (Å²) < 4.78 is 2.33. The molecular formula is C67H42N8. The molecule has 0 radical (unpaired) electrons. The van der Waals surface area contributed by atoms with E-state index in [1.54, 1.807) is 12.1 Å². The minimum Gasteiger partial charge on any atom is -0.310 e. The summed E-state index contributed by atoms with van der Waals surface area (Å²) in [5.74, 6) is 0.337. The van der Waals surface area contributed by atoms with Crippen molar-refractivity contribution < 1.29 is 0 Å². The Bertz CT molecular complexity index is 3910. The summed E-state index contributed by atoms with van der Waals surface area (Å²) in [4.78, 5) is 22.0. The van der Waals surface area contributed by atoms with Gasteiger partial charge in [-0.15, -0.1) is 0 Å². The number of benzene rings is 10. The van der Waals surface area contributed by atoms with Gasteiger partial charge in [0.1, 0.15) is 5.82 Å². The number of hydrogen-bond acceptors (Lipinski definition) is 5. The summed E-state index contributed by atoms with van der Waals surface area (Å²) in [5, 5.41) is 12.9. The average Bonchev–Trinajstić information content (AvgIpc) is 3.81. The van der Waals surface area contributed by atoms with Gasteiger partial charge in [0.05, 0.1) is 47.2 Å². The van der Waals surface area contributed by atoms with Crippen LogP contribution in [0.15, 0.2) is 255 Å². The first-order valence-corrected chi connectivity index (χ1v) is 24.4. The van der Waals surface area contributed by atoms with Crippen molar-refractivity contribution in [1.29, 1.82) is 5.26 Å². The molecule has 0 aliphatic heterocycles. The zero-order valence-electron chi connectivity index (χ0n) is 40.3. The monoisotopic (exact) mass is 958 g/mol. The lowest BCUT2D eigenvalue weighted by molar-refractivity contribution is 1.18. The van der Waals surface area contributed by atoms with E-state index >= 15 is 0 Å². The Morgan fingerprint density at radius 2 is 0.813 bits per heavy atom. The largest absolute Gasteiger partial charge is 0.310 e. The van der Waals surface area contributed by atoms with Crippen molar-refractivity contribution in [2.75, 3.05) is 9.80 Å². The van der Waals surface area contributed by atoms with Crippen molar-refractivity contribution in [3.8, 4) is 56.8 Å². The smallest absolute Gasteiger partial charge is 0.198 e. The van der Waals surface area contributed by atoms with E-state index in [2.05, 4.69) is 188 Å². The van der Waals surface area contributed by atoms with E-state index in [0.717, 1.165) is 72.7 Å². The van der Waals surface area contributed by atoms with Gasteiger partial charge < -0.3 is 14.4 Å². The van der Waals surface area contributed by atoms with Gasteiger partial charge in [-0.05, 0) is 120 Å². The Morgan fingerprint density at radius 3 is 1.29 bits per heavy atom. The zero-order chi connectivity index (χ0) is 50.7. The van der Waals surface area contributed by atoms with Gasteiger partial charge in [-0.25, -0.2) is 19.7 Å². The fraction of sp³-hybridized carbons (Fsp3) is 0. The van der Waals surface area contributed by atoms with Crippen LogP contribution < -0.4 is 9.80 Å². The predicted octanol–water partition coefficient (Wildman–Crippen LogP) is 18.2. The number of anilines is 6. The molecule has 0 atom stereocenters. The minimum atomic E-state index is 0.337. The van der Waals surface area contributed by atoms with E-state index in [1.807, 2.05) is 84.9 Å². The van der Waals surface area contributed by atoms with Crippen LogP contribution in [0.4, 0.5) is 45.5 Å². The van der Waals surface area contributed by atoms with Crippen molar-refractivity contribution in [3.63, 3.8) is 0 Å². The lowest BCUT2D eigenvalue weighted by Gasteiger charge is -2.26. The second-order valence-electron chi connectivity index (χ2n) is 17.9. The van der Waals surface area contributed by atoms with Gasteiger partial charge >= 0.3 is 0 Å². The molecule has 75 heavy (non-hydrogen) atoms. The van der Waals surface area contributed by atoms with Crippen LogP contribution in [0.1, 0.15) is 5.56 Å². The van der Waals surface area contributed by atoms with Crippen LogP contribution in [0.3, 0.4) is 0 Å². The molecule has 0 unspecified atom stereocenters. The van der Waals surface area contributed by atoms with Crippen molar-refractivity contribution in [2.24, 2.45) is 0 Å². The first kappa shape index (κ1) is 45.3. The maximum absolute atomic E-state index is 10.7. The summed E-state index contributed by atoms with van der Waals surface area (Å²) in [6.07, 6.45) is 0. The van der Waals surface area contributed by atoms with E-state index < -0.39 is 0 Å². The SMILES string of the molecule is [C-]#[N+]c1ccccc1-c1cc(-c2ccc(-c3ccc(-n4c5ccc(N(c6ccccc6)c6ccccc6)cc5c5cc(N(c6ccccc6)c6ccccc6)ccc54)cc3)cc2C#N)nc(-c2ccccc2[N+]#[C-])n1. The molecule has 10 aromatic carbocycles. The van der Waals surface area contributed by atoms with Crippen LogP contribution in [-0.2, 0) is 0 Å². The fourth-order valence-corrected chi connectivity index (χ4v) is 9.99. The number of aromatic nitrogens is 3. The average molecular weight is 959 g/mol. The Morgan fingerprint density at radius 1 is 0.387 bits per heavy atom. The quantitative estimate of drug-likeness (QED) is 0.121. The normalized spacial score (nSPS) is 10.9. The second kappa shape index (κ2) is 19.7. The van der Waals surface area contributed by atoms with Gasteiger partial charge in [-0.2, -0.15) is 5.26 Å². The number of fused-ring (bicyclic) bond motifs is 3. The number of nitriles is 1. The van der Waals surface area contributed by atoms with E-state index in [-0.39, 0.29) is 0 Å². The highest BCUT2D eigenvalue weighted by Crippen LogP contribution is 2.44. The molecule has 12 aromatic rings. The van der Waals surface area contributed by atoms with Gasteiger partial charge in [0.2, 0.25) is 0 Å². The molecule has 0 bridgehead atoms. The molecule has 0 spiro atoms. The van der Waals surface area contributed by atoms with Crippen LogP contribution in [0, 0.1) is 24.5 Å². The van der Waals surface area contributed by atoms with Gasteiger partial charge in [0, 0.05) is 67.3 Å². The Hall–Kier alpha value is -10.9. The van der Waals surface area contributed by atoms with E-state index in [9.17, 15) is 5.26 Å². The summed E-state index contributed by atoms with van der Waals surface area (Å²) in [7, 11) is 0. The van der Waals surface area contributed by atoms with Crippen LogP contribution in [0.5, 0.6) is 0 Å². The Balaban J connectivity index is 0.975. The van der Waals surface area contributed by atoms with Gasteiger partial charge in [0.15, 0.2) is 11.4 Å². The van der Waals surface area contributed by atoms with Crippen LogP contribution >= 0.6 is 0 Å². The fourth-order valence-electron chi connectivity index (χ4n) is 9.99. The second-order valence-corrected chi connectivity index (χ2v) is 17.9. The highest BCUT2D eigenvalue weighted by Gasteiger charge is 2.22. The third-order valence-electron chi connectivity index (χ3n) is 13.5. The molecule has 2 aromatic heterocycles. The van der Waals surface area contributed by atoms with Gasteiger partial charge in [-0.3, -0.25) is 0 Å². The highest BCUT2D eigenvalue weighted by atomic mass is 15.1. The van der Waals surface area contributed by atoms with E-state index in [4.69, 9.17) is 23.1 Å². The molecule has 350 valence electrons. The minimum absolute atomic E-state index is 0.337. The molecule has 0 fully saturated rings. The number of hydrogen-bond donors (Lipinski definition) is 0. The lowest BCUT2D eigenvalue weighted by atomic mass is 9.96. The van der Waals surface area contributed by atoms with E-state index in [0.29, 0.717) is 50.8 Å². The highest BCUT2D eigenvalue weighted by molar-refractivity contribution is 6.12. The summed E-state index contributed by atoms with van der Waals surface area (Å²) in [5.41, 5.74) is 15.4.